The molecule has 0 radical (unpaired) electrons. The van der Waals surface area contributed by atoms with Crippen LogP contribution in [0.3, 0.4) is 0 Å². The maximum absolute atomic E-state index is 12.9. The number of ketones is 1. The van der Waals surface area contributed by atoms with Gasteiger partial charge < -0.3 is 15.5 Å². The fourth-order valence-corrected chi connectivity index (χ4v) is 3.91. The van der Waals surface area contributed by atoms with Crippen molar-refractivity contribution in [2.24, 2.45) is 5.92 Å². The Morgan fingerprint density at radius 2 is 2.12 bits per heavy atom. The zero-order valence-corrected chi connectivity index (χ0v) is 18.4. The van der Waals surface area contributed by atoms with Gasteiger partial charge in [-0.25, -0.2) is 9.97 Å². The zero-order chi connectivity index (χ0) is 25.6. The number of aromatic nitrogens is 5. The summed E-state index contributed by atoms with van der Waals surface area (Å²) in [5, 5.41) is 15.1. The highest BCUT2D eigenvalue weighted by molar-refractivity contribution is 6.03. The van der Waals surface area contributed by atoms with Crippen LogP contribution in [0.25, 0.3) is 11.3 Å². The molecule has 4 heterocycles. The number of nitrogens with one attached hydrogen (secondary N) is 2. The summed E-state index contributed by atoms with van der Waals surface area (Å²) >= 11 is 0. The van der Waals surface area contributed by atoms with Gasteiger partial charge in [0.2, 0.25) is 5.91 Å². The van der Waals surface area contributed by atoms with Crippen molar-refractivity contribution in [3.05, 3.63) is 35.8 Å². The van der Waals surface area contributed by atoms with Crippen LogP contribution in [0.5, 0.6) is 0 Å². The van der Waals surface area contributed by atoms with Crippen LogP contribution >= 0.6 is 0 Å². The molecule has 3 aromatic rings. The maximum Gasteiger partial charge on any atom is 0.228 e. The van der Waals surface area contributed by atoms with Gasteiger partial charge in [-0.1, -0.05) is 6.85 Å². The molecule has 170 valence electrons. The van der Waals surface area contributed by atoms with Crippen molar-refractivity contribution in [3.63, 3.8) is 0 Å². The molecule has 3 aromatic heterocycles. The molecule has 0 aromatic carbocycles. The van der Waals surface area contributed by atoms with Crippen LogP contribution in [0.4, 0.5) is 23.0 Å². The summed E-state index contributed by atoms with van der Waals surface area (Å²) in [5.74, 6) is -0.0124. The molecule has 1 fully saturated rings. The highest BCUT2D eigenvalue weighted by Gasteiger charge is 2.30. The second-order valence-electron chi connectivity index (χ2n) is 8.20. The van der Waals surface area contributed by atoms with E-state index in [9.17, 15) is 9.59 Å². The number of aryl methyl sites for hydroxylation is 1. The summed E-state index contributed by atoms with van der Waals surface area (Å²) < 4.78 is 22.5. The van der Waals surface area contributed by atoms with E-state index in [1.807, 2.05) is 24.9 Å². The molecular formula is C23H26N8O2. The van der Waals surface area contributed by atoms with E-state index in [2.05, 4.69) is 30.8 Å². The summed E-state index contributed by atoms with van der Waals surface area (Å²) in [4.78, 5) is 37.5. The molecule has 2 aliphatic rings. The summed E-state index contributed by atoms with van der Waals surface area (Å²) in [7, 11) is 1.91. The fourth-order valence-electron chi connectivity index (χ4n) is 3.91. The number of anilines is 4. The van der Waals surface area contributed by atoms with Gasteiger partial charge in [-0.15, -0.1) is 0 Å². The minimum absolute atomic E-state index is 0.0257. The zero-order valence-electron chi connectivity index (χ0n) is 21.4. The first kappa shape index (κ1) is 17.7. The predicted octanol–water partition coefficient (Wildman–Crippen LogP) is 3.39. The number of Topliss-reactive ketones (excluding diaryl/α,β-unsaturated/α-hetero) is 1. The Morgan fingerprint density at radius 1 is 1.27 bits per heavy atom. The highest BCUT2D eigenvalue weighted by atomic mass is 16.2. The van der Waals surface area contributed by atoms with Gasteiger partial charge in [0.25, 0.3) is 0 Å². The van der Waals surface area contributed by atoms with Gasteiger partial charge in [0.1, 0.15) is 17.2 Å². The quantitative estimate of drug-likeness (QED) is 0.527. The monoisotopic (exact) mass is 449 g/mol. The Bertz CT molecular complexity index is 1350. The molecule has 0 unspecified atom stereocenters. The van der Waals surface area contributed by atoms with Gasteiger partial charge in [0, 0.05) is 47.5 Å². The number of hydrogen-bond acceptors (Lipinski definition) is 8. The Kier molecular flexibility index (Phi) is 4.44. The third-order valence-electron chi connectivity index (χ3n) is 5.77. The predicted molar refractivity (Wildman–Crippen MR) is 125 cm³/mol. The van der Waals surface area contributed by atoms with Gasteiger partial charge in [-0.2, -0.15) is 15.0 Å². The van der Waals surface area contributed by atoms with Crippen molar-refractivity contribution in [1.82, 2.24) is 25.0 Å². The van der Waals surface area contributed by atoms with E-state index in [4.69, 9.17) is 4.11 Å². The molecule has 10 heteroatoms. The first-order valence-electron chi connectivity index (χ1n) is 12.4. The molecule has 1 amide bonds. The SMILES string of the molecule is [2H]C([2H])([2H])CC(=O)c1cnc(NC(=O)C2CC2)cc1Nc1nccc2c1N(C)Cc1nn(CC)nc1-2. The molecule has 0 spiro atoms. The minimum Gasteiger partial charge on any atom is -0.365 e. The van der Waals surface area contributed by atoms with E-state index in [0.717, 1.165) is 35.5 Å². The van der Waals surface area contributed by atoms with Gasteiger partial charge in [-0.3, -0.25) is 9.59 Å². The largest absolute Gasteiger partial charge is 0.365 e. The number of carbonyl (C=O) groups is 2. The van der Waals surface area contributed by atoms with Crippen LogP contribution in [0.1, 0.15) is 53.2 Å². The van der Waals surface area contributed by atoms with Crippen LogP contribution in [-0.2, 0) is 17.9 Å². The first-order chi connectivity index (χ1) is 17.1. The van der Waals surface area contributed by atoms with Gasteiger partial charge >= 0.3 is 0 Å². The summed E-state index contributed by atoms with van der Waals surface area (Å²) in [6.45, 7) is 0.700. The van der Waals surface area contributed by atoms with Crippen LogP contribution < -0.4 is 15.5 Å². The van der Waals surface area contributed by atoms with Crippen molar-refractivity contribution in [3.8, 4) is 11.3 Å². The maximum atomic E-state index is 12.9. The van der Waals surface area contributed by atoms with E-state index >= 15 is 0 Å². The smallest absolute Gasteiger partial charge is 0.228 e. The molecule has 1 aliphatic carbocycles. The molecule has 5 rings (SSSR count). The number of pyridine rings is 2. The van der Waals surface area contributed by atoms with Gasteiger partial charge in [0.15, 0.2) is 11.6 Å². The second-order valence-corrected chi connectivity index (χ2v) is 8.20. The van der Waals surface area contributed by atoms with Crippen molar-refractivity contribution in [2.75, 3.05) is 22.6 Å². The van der Waals surface area contributed by atoms with E-state index in [1.165, 1.54) is 12.3 Å². The lowest BCUT2D eigenvalue weighted by atomic mass is 10.0. The van der Waals surface area contributed by atoms with E-state index < -0.39 is 19.1 Å². The first-order valence-corrected chi connectivity index (χ1v) is 10.9. The van der Waals surface area contributed by atoms with Crippen molar-refractivity contribution in [1.29, 1.82) is 0 Å². The molecule has 33 heavy (non-hydrogen) atoms. The number of hydrogen-bond donors (Lipinski definition) is 2. The van der Waals surface area contributed by atoms with Crippen LogP contribution in [0.15, 0.2) is 24.5 Å². The number of nitrogens with zero attached hydrogens (tertiary/aromatic N) is 6. The molecule has 1 aliphatic heterocycles. The standard InChI is InChI=1S/C23H26N8O2/c1-4-18(32)15-11-25-19(27-23(33)13-6-7-13)10-16(15)26-22-21-14(8-9-24-22)20-17(12-30(21)3)28-31(5-2)29-20/h8-11,13H,4-7,12H2,1-3H3,(H2,24,25,26,27,33)/i1D3. The Hall–Kier alpha value is -3.82. The Morgan fingerprint density at radius 3 is 2.88 bits per heavy atom. The summed E-state index contributed by atoms with van der Waals surface area (Å²) in [6, 6.07) is 3.40. The third-order valence-corrected chi connectivity index (χ3v) is 5.77. The normalized spacial score (nSPS) is 16.2. The molecule has 0 saturated heterocycles. The third kappa shape index (κ3) is 3.92. The van der Waals surface area contributed by atoms with Gasteiger partial charge in [-0.05, 0) is 25.8 Å². The van der Waals surface area contributed by atoms with Crippen LogP contribution in [0, 0.1) is 5.92 Å². The van der Waals surface area contributed by atoms with E-state index in [0.29, 0.717) is 24.6 Å². The average Bonchev–Trinajstić information content (AvgIpc) is 3.58. The number of fused-ring (bicyclic) bond motifs is 3. The van der Waals surface area contributed by atoms with Gasteiger partial charge in [0.05, 0.1) is 30.0 Å². The van der Waals surface area contributed by atoms with E-state index in [1.54, 1.807) is 11.0 Å². The minimum atomic E-state index is -2.43. The summed E-state index contributed by atoms with van der Waals surface area (Å²) in [5.41, 5.74) is 3.63. The van der Waals surface area contributed by atoms with Crippen molar-refractivity contribution in [2.45, 2.75) is 46.1 Å². The average molecular weight is 450 g/mol. The lowest BCUT2D eigenvalue weighted by Gasteiger charge is -2.28. The molecule has 1 saturated carbocycles. The highest BCUT2D eigenvalue weighted by Crippen LogP contribution is 2.41. The second kappa shape index (κ2) is 8.27. The Labute approximate surface area is 195 Å². The fraction of sp³-hybridized carbons (Fsp3) is 0.391. The summed E-state index contributed by atoms with van der Waals surface area (Å²) in [6.07, 6.45) is 3.96. The molecule has 0 bridgehead atoms. The molecule has 10 nitrogen and oxygen atoms in total. The van der Waals surface area contributed by atoms with Crippen LogP contribution in [-0.4, -0.2) is 43.7 Å². The van der Waals surface area contributed by atoms with Crippen molar-refractivity contribution < 1.29 is 13.7 Å². The number of amides is 1. The topological polar surface area (TPSA) is 118 Å². The van der Waals surface area contributed by atoms with E-state index in [-0.39, 0.29) is 23.2 Å². The number of carbonyl (C=O) groups excluding carboxylic acids is 2. The molecular weight excluding hydrogens is 420 g/mol. The molecule has 2 N–H and O–H groups in total. The lowest BCUT2D eigenvalue weighted by molar-refractivity contribution is -0.117. The van der Waals surface area contributed by atoms with Crippen LogP contribution in [0.2, 0.25) is 0 Å². The van der Waals surface area contributed by atoms with Crippen molar-refractivity contribution >= 4 is 34.7 Å². The number of rotatable bonds is 7. The lowest BCUT2D eigenvalue weighted by Crippen LogP contribution is -2.23. The molecule has 0 atom stereocenters. The Balaban J connectivity index is 1.54.